The number of halogens is 6. The molecule has 1 unspecified atom stereocenters. The average molecular weight is 583 g/mol. The number of nitrogens with zero attached hydrogens (tertiary/aromatic N) is 6. The highest BCUT2D eigenvalue weighted by atomic mass is 19.4. The van der Waals surface area contributed by atoms with Gasteiger partial charge in [-0.05, 0) is 38.3 Å². The maximum Gasteiger partial charge on any atom is 0.389 e. The zero-order valence-corrected chi connectivity index (χ0v) is 22.5. The van der Waals surface area contributed by atoms with Crippen molar-refractivity contribution in [3.8, 4) is 11.3 Å². The van der Waals surface area contributed by atoms with Crippen LogP contribution in [0.2, 0.25) is 0 Å². The number of hydrogen-bond donors (Lipinski definition) is 2. The van der Waals surface area contributed by atoms with E-state index in [0.717, 1.165) is 11.1 Å². The molecular weight excluding hydrogens is 554 g/mol. The summed E-state index contributed by atoms with van der Waals surface area (Å²) in [4.78, 5) is 26.0. The Bertz CT molecular complexity index is 1520. The molecule has 0 bridgehead atoms. The van der Waals surface area contributed by atoms with Crippen molar-refractivity contribution < 1.29 is 31.1 Å². The van der Waals surface area contributed by atoms with Crippen molar-refractivity contribution in [3.05, 3.63) is 29.8 Å². The normalized spacial score (nSPS) is 20.2. The monoisotopic (exact) mass is 582 g/mol. The van der Waals surface area contributed by atoms with E-state index >= 15 is 4.39 Å². The summed E-state index contributed by atoms with van der Waals surface area (Å²) < 4.78 is 84.3. The summed E-state index contributed by atoms with van der Waals surface area (Å²) >= 11 is 0. The van der Waals surface area contributed by atoms with Crippen LogP contribution in [-0.2, 0) is 4.79 Å². The highest BCUT2D eigenvalue weighted by molar-refractivity contribution is 5.96. The molecular formula is C26H28F6N8O. The SMILES string of the molecule is CNc1nc(N[C@@H]2CCN(C(C)=O)CC2(F)F)nn2cc(F)c(-c3ccc4c(n3)C(CCCC(F)(F)F)C(C)=N4)c12. The molecule has 1 saturated heterocycles. The third kappa shape index (κ3) is 5.66. The number of anilines is 2. The number of carbonyl (C=O) groups excluding carboxylic acids is 1. The Morgan fingerprint density at radius 2 is 1.98 bits per heavy atom. The van der Waals surface area contributed by atoms with Crippen LogP contribution in [0.25, 0.3) is 16.8 Å². The lowest BCUT2D eigenvalue weighted by Gasteiger charge is -2.38. The predicted molar refractivity (Wildman–Crippen MR) is 140 cm³/mol. The summed E-state index contributed by atoms with van der Waals surface area (Å²) in [6.45, 7) is 2.35. The molecule has 0 saturated carbocycles. The third-order valence-electron chi connectivity index (χ3n) is 7.41. The maximum atomic E-state index is 15.4. The Kier molecular flexibility index (Phi) is 7.32. The predicted octanol–water partition coefficient (Wildman–Crippen LogP) is 5.56. The highest BCUT2D eigenvalue weighted by Crippen LogP contribution is 2.41. The van der Waals surface area contributed by atoms with Crippen LogP contribution < -0.4 is 10.6 Å². The van der Waals surface area contributed by atoms with Crippen LogP contribution in [0.5, 0.6) is 0 Å². The molecule has 41 heavy (non-hydrogen) atoms. The van der Waals surface area contributed by atoms with Gasteiger partial charge in [-0.3, -0.25) is 9.79 Å². The molecule has 220 valence electrons. The van der Waals surface area contributed by atoms with Gasteiger partial charge >= 0.3 is 6.18 Å². The molecule has 3 aromatic heterocycles. The number of aromatic nitrogens is 4. The fourth-order valence-corrected chi connectivity index (χ4v) is 5.35. The van der Waals surface area contributed by atoms with E-state index < -0.39 is 48.7 Å². The number of hydrogen-bond acceptors (Lipinski definition) is 7. The van der Waals surface area contributed by atoms with E-state index in [1.807, 2.05) is 0 Å². The van der Waals surface area contributed by atoms with Crippen LogP contribution in [0.1, 0.15) is 51.1 Å². The second kappa shape index (κ2) is 10.5. The Morgan fingerprint density at radius 3 is 2.63 bits per heavy atom. The van der Waals surface area contributed by atoms with Gasteiger partial charge in [-0.1, -0.05) is 0 Å². The number of aliphatic imine (C=N–C) groups is 1. The molecule has 2 N–H and O–H groups in total. The summed E-state index contributed by atoms with van der Waals surface area (Å²) in [5.74, 6) is -4.85. The van der Waals surface area contributed by atoms with Crippen molar-refractivity contribution in [2.45, 2.75) is 63.6 Å². The lowest BCUT2D eigenvalue weighted by atomic mass is 9.94. The van der Waals surface area contributed by atoms with E-state index in [1.165, 1.54) is 18.5 Å². The molecule has 2 atom stereocenters. The topological polar surface area (TPSA) is 99.8 Å². The lowest BCUT2D eigenvalue weighted by Crippen LogP contribution is -2.55. The molecule has 2 aliphatic heterocycles. The lowest BCUT2D eigenvalue weighted by molar-refractivity contribution is -0.140. The third-order valence-corrected chi connectivity index (χ3v) is 7.41. The Balaban J connectivity index is 1.45. The number of amides is 1. The first-order valence-electron chi connectivity index (χ1n) is 13.1. The van der Waals surface area contributed by atoms with E-state index in [4.69, 9.17) is 0 Å². The summed E-state index contributed by atoms with van der Waals surface area (Å²) in [6, 6.07) is 1.84. The van der Waals surface area contributed by atoms with Crippen LogP contribution in [0.3, 0.4) is 0 Å². The quantitative estimate of drug-likeness (QED) is 0.354. The van der Waals surface area contributed by atoms with Crippen LogP contribution >= 0.6 is 0 Å². The molecule has 3 aromatic rings. The molecule has 1 fully saturated rings. The van der Waals surface area contributed by atoms with E-state index in [9.17, 15) is 26.7 Å². The standard InChI is InChI=1S/C26H28F6N8O/c1-13-15(5-4-9-26(30,31)32)21-18(34-13)7-6-17(35-21)20-16(27)11-40-22(20)23(33-3)37-24(38-40)36-19-8-10-39(14(2)41)12-25(19,28)29/h6-7,11,15,19H,4-5,8-10,12H2,1-3H3,(H2,33,36,37,38)/t15?,19-/m1/s1. The summed E-state index contributed by atoms with van der Waals surface area (Å²) in [5, 5.41) is 9.70. The smallest absolute Gasteiger partial charge is 0.371 e. The summed E-state index contributed by atoms with van der Waals surface area (Å²) in [5.41, 5.74) is 2.06. The summed E-state index contributed by atoms with van der Waals surface area (Å²) in [6.07, 6.45) is -4.07. The van der Waals surface area contributed by atoms with E-state index in [-0.39, 0.29) is 54.3 Å². The van der Waals surface area contributed by atoms with E-state index in [0.29, 0.717) is 17.1 Å². The number of pyridine rings is 1. The van der Waals surface area contributed by atoms with Crippen LogP contribution in [0.4, 0.5) is 43.8 Å². The van der Waals surface area contributed by atoms with Crippen molar-refractivity contribution in [1.29, 1.82) is 0 Å². The van der Waals surface area contributed by atoms with Gasteiger partial charge < -0.3 is 15.5 Å². The van der Waals surface area contributed by atoms with Crippen molar-refractivity contribution in [2.75, 3.05) is 30.8 Å². The fraction of sp³-hybridized carbons (Fsp3) is 0.500. The molecule has 9 nitrogen and oxygen atoms in total. The van der Waals surface area contributed by atoms with Gasteiger partial charge in [0.05, 0.1) is 41.4 Å². The number of carbonyl (C=O) groups is 1. The van der Waals surface area contributed by atoms with Gasteiger partial charge in [0.2, 0.25) is 11.9 Å². The minimum atomic E-state index is -4.27. The minimum Gasteiger partial charge on any atom is -0.371 e. The van der Waals surface area contributed by atoms with Gasteiger partial charge in [-0.25, -0.2) is 22.7 Å². The Hall–Kier alpha value is -3.91. The van der Waals surface area contributed by atoms with Gasteiger partial charge in [0, 0.05) is 38.6 Å². The number of rotatable bonds is 7. The van der Waals surface area contributed by atoms with Crippen molar-refractivity contribution >= 4 is 34.6 Å². The highest BCUT2D eigenvalue weighted by Gasteiger charge is 2.46. The van der Waals surface area contributed by atoms with E-state index in [2.05, 4.69) is 30.7 Å². The molecule has 0 aliphatic carbocycles. The molecule has 0 aromatic carbocycles. The van der Waals surface area contributed by atoms with Crippen LogP contribution in [0, 0.1) is 5.82 Å². The summed E-state index contributed by atoms with van der Waals surface area (Å²) in [7, 11) is 1.53. The Labute approximate surface area is 231 Å². The van der Waals surface area contributed by atoms with Gasteiger partial charge in [-0.15, -0.1) is 5.10 Å². The molecule has 5 rings (SSSR count). The second-order valence-corrected chi connectivity index (χ2v) is 10.3. The van der Waals surface area contributed by atoms with Gasteiger partial charge in [0.25, 0.3) is 5.92 Å². The molecule has 2 aliphatic rings. The average Bonchev–Trinajstić information content (AvgIpc) is 3.38. The molecule has 0 spiro atoms. The van der Waals surface area contributed by atoms with Gasteiger partial charge in [0.15, 0.2) is 11.6 Å². The van der Waals surface area contributed by atoms with Gasteiger partial charge in [0.1, 0.15) is 5.52 Å². The van der Waals surface area contributed by atoms with Crippen LogP contribution in [-0.4, -0.2) is 74.4 Å². The molecule has 5 heterocycles. The number of nitrogens with one attached hydrogen (secondary N) is 2. The minimum absolute atomic E-state index is 0.0428. The first-order chi connectivity index (χ1) is 19.3. The number of alkyl halides is 5. The number of likely N-dealkylation sites (tertiary alicyclic amines) is 1. The van der Waals surface area contributed by atoms with Crippen LogP contribution in [0.15, 0.2) is 23.3 Å². The first-order valence-corrected chi connectivity index (χ1v) is 13.1. The van der Waals surface area contributed by atoms with Crippen molar-refractivity contribution in [1.82, 2.24) is 24.5 Å². The maximum absolute atomic E-state index is 15.4. The van der Waals surface area contributed by atoms with E-state index in [1.54, 1.807) is 19.1 Å². The van der Waals surface area contributed by atoms with Gasteiger partial charge in [-0.2, -0.15) is 18.2 Å². The zero-order valence-electron chi connectivity index (χ0n) is 22.5. The molecule has 0 radical (unpaired) electrons. The molecule has 15 heteroatoms. The van der Waals surface area contributed by atoms with Crippen molar-refractivity contribution in [3.63, 3.8) is 0 Å². The molecule has 1 amide bonds. The largest absolute Gasteiger partial charge is 0.389 e. The number of fused-ring (bicyclic) bond motifs is 2. The Morgan fingerprint density at radius 1 is 1.22 bits per heavy atom. The fourth-order valence-electron chi connectivity index (χ4n) is 5.35. The first kappa shape index (κ1) is 28.6. The second-order valence-electron chi connectivity index (χ2n) is 10.3. The number of piperidine rings is 1. The van der Waals surface area contributed by atoms with Crippen molar-refractivity contribution in [2.24, 2.45) is 4.99 Å². The zero-order chi connectivity index (χ0) is 29.7.